The summed E-state index contributed by atoms with van der Waals surface area (Å²) in [6.45, 7) is 3.12. The number of sulfonamides is 1. The summed E-state index contributed by atoms with van der Waals surface area (Å²) in [6.07, 6.45) is 4.02. The van der Waals surface area contributed by atoms with Gasteiger partial charge in [0.1, 0.15) is 12.6 Å². The lowest BCUT2D eigenvalue weighted by atomic mass is 10.0. The maximum atomic E-state index is 14.7. The second kappa shape index (κ2) is 15.4. The first-order valence-electron chi connectivity index (χ1n) is 15.8. The van der Waals surface area contributed by atoms with Crippen molar-refractivity contribution in [2.24, 2.45) is 0 Å². The van der Waals surface area contributed by atoms with Crippen LogP contribution in [0, 0.1) is 13.8 Å². The Morgan fingerprint density at radius 3 is 2.19 bits per heavy atom. The summed E-state index contributed by atoms with van der Waals surface area (Å²) in [7, 11) is -4.19. The van der Waals surface area contributed by atoms with Crippen LogP contribution >= 0.6 is 23.2 Å². The molecule has 0 unspecified atom stereocenters. The Hall–Kier alpha value is -3.85. The molecule has 0 spiro atoms. The van der Waals surface area contributed by atoms with Gasteiger partial charge in [-0.1, -0.05) is 103 Å². The van der Waals surface area contributed by atoms with E-state index in [1.165, 1.54) is 17.0 Å². The summed E-state index contributed by atoms with van der Waals surface area (Å²) in [5.41, 5.74) is 3.37. The highest BCUT2D eigenvalue weighted by Gasteiger charge is 2.36. The Labute approximate surface area is 287 Å². The molecule has 0 aromatic heterocycles. The number of carbonyl (C=O) groups is 2. The largest absolute Gasteiger partial charge is 0.352 e. The van der Waals surface area contributed by atoms with Crippen LogP contribution in [-0.2, 0) is 32.6 Å². The number of nitrogens with zero attached hydrogens (tertiary/aromatic N) is 2. The maximum absolute atomic E-state index is 14.7. The molecule has 10 heteroatoms. The Balaban J connectivity index is 1.60. The molecule has 4 aromatic rings. The SMILES string of the molecule is Cc1ccc(C)c(N(CC(=O)N(Cc2ccc(Cl)cc2Cl)[C@H](Cc2ccccc2)C(=O)NC2CCCC2)S(=O)(=O)c2ccccc2)c1. The molecular formula is C37H39Cl2N3O4S. The minimum Gasteiger partial charge on any atom is -0.352 e. The fraction of sp³-hybridized carbons (Fsp3) is 0.297. The Kier molecular flexibility index (Phi) is 11.3. The number of aryl methyl sites for hydroxylation is 2. The number of anilines is 1. The van der Waals surface area contributed by atoms with E-state index in [1.54, 1.807) is 42.5 Å². The molecule has 2 amide bonds. The molecule has 1 aliphatic carbocycles. The van der Waals surface area contributed by atoms with Crippen molar-refractivity contribution in [1.82, 2.24) is 10.2 Å². The molecule has 0 radical (unpaired) electrons. The van der Waals surface area contributed by atoms with Crippen LogP contribution < -0.4 is 9.62 Å². The van der Waals surface area contributed by atoms with E-state index in [9.17, 15) is 18.0 Å². The van der Waals surface area contributed by atoms with Gasteiger partial charge in [-0.3, -0.25) is 13.9 Å². The van der Waals surface area contributed by atoms with Gasteiger partial charge in [-0.15, -0.1) is 0 Å². The average molecular weight is 693 g/mol. The molecule has 0 saturated heterocycles. The standard InChI is InChI=1S/C37H39Cl2N3O4S/c1-26-17-18-27(2)34(21-26)42(47(45,46)32-15-7-4-8-16-32)25-36(43)41(24-29-19-20-30(38)23-33(29)39)35(22-28-11-5-3-6-12-28)37(44)40-31-13-9-10-14-31/h3-8,11-12,15-21,23,31,35H,9-10,13-14,22,24-25H2,1-2H3,(H,40,44)/t35-/m1/s1. The molecule has 4 aromatic carbocycles. The van der Waals surface area contributed by atoms with Crippen LogP contribution in [0.25, 0.3) is 0 Å². The summed E-state index contributed by atoms with van der Waals surface area (Å²) in [6, 6.07) is 27.1. The zero-order valence-corrected chi connectivity index (χ0v) is 28.9. The number of hydrogen-bond donors (Lipinski definition) is 1. The lowest BCUT2D eigenvalue weighted by molar-refractivity contribution is -0.140. The van der Waals surface area contributed by atoms with E-state index in [0.717, 1.165) is 41.1 Å². The molecule has 1 saturated carbocycles. The number of amides is 2. The molecule has 1 aliphatic rings. The predicted octanol–water partition coefficient (Wildman–Crippen LogP) is 7.50. The van der Waals surface area contributed by atoms with Gasteiger partial charge in [-0.2, -0.15) is 0 Å². The van der Waals surface area contributed by atoms with Crippen LogP contribution in [0.1, 0.15) is 47.9 Å². The third kappa shape index (κ3) is 8.55. The maximum Gasteiger partial charge on any atom is 0.264 e. The summed E-state index contributed by atoms with van der Waals surface area (Å²) in [5, 5.41) is 3.96. The highest BCUT2D eigenvalue weighted by molar-refractivity contribution is 7.92. The van der Waals surface area contributed by atoms with Gasteiger partial charge in [0.25, 0.3) is 10.0 Å². The van der Waals surface area contributed by atoms with Crippen molar-refractivity contribution in [2.75, 3.05) is 10.8 Å². The normalized spacial score (nSPS) is 14.0. The van der Waals surface area contributed by atoms with E-state index >= 15 is 0 Å². The first-order valence-corrected chi connectivity index (χ1v) is 18.0. The van der Waals surface area contributed by atoms with Crippen molar-refractivity contribution >= 4 is 50.7 Å². The lowest BCUT2D eigenvalue weighted by Gasteiger charge is -2.35. The van der Waals surface area contributed by atoms with Crippen molar-refractivity contribution in [3.63, 3.8) is 0 Å². The van der Waals surface area contributed by atoms with Crippen molar-refractivity contribution in [3.05, 3.63) is 129 Å². The Bertz CT molecular complexity index is 1810. The third-order valence-corrected chi connectivity index (χ3v) is 10.9. The zero-order chi connectivity index (χ0) is 33.6. The summed E-state index contributed by atoms with van der Waals surface area (Å²) in [5.74, 6) is -0.831. The van der Waals surface area contributed by atoms with E-state index < -0.39 is 28.5 Å². The molecule has 47 heavy (non-hydrogen) atoms. The second-order valence-electron chi connectivity index (χ2n) is 12.1. The first-order chi connectivity index (χ1) is 22.5. The quantitative estimate of drug-likeness (QED) is 0.167. The van der Waals surface area contributed by atoms with E-state index in [0.29, 0.717) is 26.9 Å². The van der Waals surface area contributed by atoms with Crippen LogP contribution in [0.3, 0.4) is 0 Å². The van der Waals surface area contributed by atoms with Crippen LogP contribution in [0.15, 0.2) is 102 Å². The van der Waals surface area contributed by atoms with E-state index in [4.69, 9.17) is 23.2 Å². The molecule has 0 aliphatic heterocycles. The Morgan fingerprint density at radius 2 is 1.53 bits per heavy atom. The molecule has 0 bridgehead atoms. The van der Waals surface area contributed by atoms with Gasteiger partial charge >= 0.3 is 0 Å². The molecule has 7 nitrogen and oxygen atoms in total. The third-order valence-electron chi connectivity index (χ3n) is 8.57. The van der Waals surface area contributed by atoms with Gasteiger partial charge in [0.15, 0.2) is 0 Å². The van der Waals surface area contributed by atoms with Crippen molar-refractivity contribution in [1.29, 1.82) is 0 Å². The van der Waals surface area contributed by atoms with Crippen LogP contribution in [0.4, 0.5) is 5.69 Å². The topological polar surface area (TPSA) is 86.8 Å². The van der Waals surface area contributed by atoms with Crippen LogP contribution in [0.2, 0.25) is 10.0 Å². The monoisotopic (exact) mass is 691 g/mol. The summed E-state index contributed by atoms with van der Waals surface area (Å²) < 4.78 is 29.7. The number of rotatable bonds is 12. The fourth-order valence-electron chi connectivity index (χ4n) is 5.98. The molecule has 1 fully saturated rings. The van der Waals surface area contributed by atoms with Gasteiger partial charge in [0, 0.05) is 29.1 Å². The molecule has 1 atom stereocenters. The second-order valence-corrected chi connectivity index (χ2v) is 14.8. The van der Waals surface area contributed by atoms with Gasteiger partial charge in [-0.05, 0) is 79.3 Å². The highest BCUT2D eigenvalue weighted by Crippen LogP contribution is 2.30. The van der Waals surface area contributed by atoms with E-state index in [2.05, 4.69) is 5.32 Å². The highest BCUT2D eigenvalue weighted by atomic mass is 35.5. The molecule has 0 heterocycles. The molecule has 5 rings (SSSR count). The zero-order valence-electron chi connectivity index (χ0n) is 26.5. The Morgan fingerprint density at radius 1 is 0.872 bits per heavy atom. The van der Waals surface area contributed by atoms with E-state index in [-0.39, 0.29) is 29.8 Å². The average Bonchev–Trinajstić information content (AvgIpc) is 3.57. The molecule has 1 N–H and O–H groups in total. The minimum atomic E-state index is -4.19. The first kappa shape index (κ1) is 34.5. The van der Waals surface area contributed by atoms with E-state index in [1.807, 2.05) is 56.3 Å². The van der Waals surface area contributed by atoms with Gasteiger partial charge in [0.05, 0.1) is 10.6 Å². The predicted molar refractivity (Wildman–Crippen MR) is 188 cm³/mol. The number of carbonyl (C=O) groups excluding carboxylic acids is 2. The van der Waals surface area contributed by atoms with Crippen LogP contribution in [-0.4, -0.2) is 43.8 Å². The minimum absolute atomic E-state index is 0.0155. The lowest BCUT2D eigenvalue weighted by Crippen LogP contribution is -2.54. The van der Waals surface area contributed by atoms with Crippen LogP contribution in [0.5, 0.6) is 0 Å². The summed E-state index contributed by atoms with van der Waals surface area (Å²) >= 11 is 12.8. The van der Waals surface area contributed by atoms with Crippen molar-refractivity contribution in [2.45, 2.75) is 69.5 Å². The van der Waals surface area contributed by atoms with Crippen molar-refractivity contribution < 1.29 is 18.0 Å². The molecule has 246 valence electrons. The number of nitrogens with one attached hydrogen (secondary N) is 1. The number of hydrogen-bond acceptors (Lipinski definition) is 4. The smallest absolute Gasteiger partial charge is 0.264 e. The fourth-order valence-corrected chi connectivity index (χ4v) is 7.94. The molecular weight excluding hydrogens is 653 g/mol. The summed E-state index contributed by atoms with van der Waals surface area (Å²) in [4.78, 5) is 30.4. The van der Waals surface area contributed by atoms with Gasteiger partial charge in [0.2, 0.25) is 11.8 Å². The van der Waals surface area contributed by atoms with Crippen molar-refractivity contribution in [3.8, 4) is 0 Å². The number of halogens is 2. The van der Waals surface area contributed by atoms with Gasteiger partial charge in [-0.25, -0.2) is 8.42 Å². The van der Waals surface area contributed by atoms with Gasteiger partial charge < -0.3 is 10.2 Å². The number of benzene rings is 4.